The number of rotatable bonds is 8. The van der Waals surface area contributed by atoms with E-state index in [1.165, 1.54) is 16.7 Å². The van der Waals surface area contributed by atoms with Crippen molar-refractivity contribution in [3.05, 3.63) is 89.5 Å². The molecule has 1 fully saturated rings. The molecule has 6 rings (SSSR count). The molecule has 0 bridgehead atoms. The van der Waals surface area contributed by atoms with Gasteiger partial charge in [-0.15, -0.1) is 0 Å². The van der Waals surface area contributed by atoms with E-state index in [9.17, 15) is 0 Å². The molecule has 176 valence electrons. The maximum atomic E-state index is 6.06. The molecule has 0 atom stereocenters. The molecule has 1 aliphatic rings. The summed E-state index contributed by atoms with van der Waals surface area (Å²) in [6.07, 6.45) is 8.68. The fourth-order valence-electron chi connectivity index (χ4n) is 4.71. The summed E-state index contributed by atoms with van der Waals surface area (Å²) in [5, 5.41) is 13.7. The molecule has 2 aromatic carbocycles. The van der Waals surface area contributed by atoms with Crippen molar-refractivity contribution in [1.82, 2.24) is 24.4 Å². The summed E-state index contributed by atoms with van der Waals surface area (Å²) >= 11 is 0. The van der Waals surface area contributed by atoms with Crippen molar-refractivity contribution >= 4 is 33.7 Å². The minimum atomic E-state index is 0.656. The number of anilines is 2. The van der Waals surface area contributed by atoms with E-state index in [1.807, 2.05) is 28.4 Å². The van der Waals surface area contributed by atoms with Crippen LogP contribution < -0.4 is 5.32 Å². The molecule has 1 aliphatic carbocycles. The van der Waals surface area contributed by atoms with Crippen LogP contribution >= 0.6 is 0 Å². The average Bonchev–Trinajstić information content (AvgIpc) is 3.54. The van der Waals surface area contributed by atoms with Crippen LogP contribution in [-0.4, -0.2) is 31.0 Å². The summed E-state index contributed by atoms with van der Waals surface area (Å²) in [5.74, 6) is 1.81. The smallest absolute Gasteiger partial charge is 0.158 e. The van der Waals surface area contributed by atoms with E-state index in [2.05, 4.69) is 76.1 Å². The van der Waals surface area contributed by atoms with Crippen LogP contribution in [0.3, 0.4) is 0 Å². The lowest BCUT2D eigenvalue weighted by Crippen LogP contribution is -2.02. The van der Waals surface area contributed by atoms with E-state index < -0.39 is 0 Å². The van der Waals surface area contributed by atoms with Crippen molar-refractivity contribution < 1.29 is 4.74 Å². The number of hydrogen-bond acceptors (Lipinski definition) is 5. The van der Waals surface area contributed by atoms with Gasteiger partial charge in [0.25, 0.3) is 0 Å². The Balaban J connectivity index is 1.35. The van der Waals surface area contributed by atoms with Gasteiger partial charge < -0.3 is 10.1 Å². The van der Waals surface area contributed by atoms with Gasteiger partial charge in [-0.2, -0.15) is 10.2 Å². The number of fused-ring (bicyclic) bond motifs is 2. The lowest BCUT2D eigenvalue weighted by molar-refractivity contribution is 0.296. The zero-order valence-electron chi connectivity index (χ0n) is 20.0. The molecule has 1 N–H and O–H groups in total. The fourth-order valence-corrected chi connectivity index (χ4v) is 4.71. The highest BCUT2D eigenvalue weighted by Crippen LogP contribution is 2.40. The number of ether oxygens (including phenoxy) is 1. The van der Waals surface area contributed by atoms with Crippen LogP contribution in [-0.2, 0) is 17.7 Å². The van der Waals surface area contributed by atoms with Crippen LogP contribution in [0.1, 0.15) is 43.4 Å². The zero-order valence-corrected chi connectivity index (χ0v) is 20.0. The minimum Gasteiger partial charge on any atom is -0.493 e. The number of allylic oxidation sites excluding steroid dienone is 1. The first-order valence-electron chi connectivity index (χ1n) is 12.2. The van der Waals surface area contributed by atoms with Crippen LogP contribution in [0.4, 0.5) is 11.5 Å². The van der Waals surface area contributed by atoms with Gasteiger partial charge >= 0.3 is 0 Å². The Morgan fingerprint density at radius 3 is 2.69 bits per heavy atom. The van der Waals surface area contributed by atoms with Crippen LogP contribution in [0.15, 0.2) is 72.8 Å². The Kier molecular flexibility index (Phi) is 5.45. The summed E-state index contributed by atoms with van der Waals surface area (Å²) in [7, 11) is 0. The second-order valence-corrected chi connectivity index (χ2v) is 8.83. The van der Waals surface area contributed by atoms with Crippen molar-refractivity contribution in [3.63, 3.8) is 0 Å². The molecule has 0 aliphatic heterocycles. The first kappa shape index (κ1) is 21.4. The monoisotopic (exact) mass is 464 g/mol. The highest BCUT2D eigenvalue weighted by Gasteiger charge is 2.25. The Hall–Kier alpha value is -4.13. The highest BCUT2D eigenvalue weighted by atomic mass is 16.5. The predicted octanol–water partition coefficient (Wildman–Crippen LogP) is 5.97. The van der Waals surface area contributed by atoms with Crippen molar-refractivity contribution in [1.29, 1.82) is 0 Å². The predicted molar refractivity (Wildman–Crippen MR) is 139 cm³/mol. The van der Waals surface area contributed by atoms with Crippen molar-refractivity contribution in [3.8, 4) is 0 Å². The van der Waals surface area contributed by atoms with Gasteiger partial charge in [0.2, 0.25) is 0 Å². The van der Waals surface area contributed by atoms with Crippen LogP contribution in [0.25, 0.3) is 22.2 Å². The lowest BCUT2D eigenvalue weighted by Gasteiger charge is -2.11. The molecule has 0 radical (unpaired) electrons. The van der Waals surface area contributed by atoms with Gasteiger partial charge in [0, 0.05) is 22.8 Å². The standard InChI is InChI=1S/C28H28N6O/c1-3-23-24(27(35-4-2)20-10-11-20)17-34-26(23)28(29-18-31-34)32-22-12-13-25-21(14-22)15-30-33(25)16-19-8-6-5-7-9-19/h5-9,12-15,17-18H,3-4,10-11,16H2,1-2H3,(H,29,31,32). The first-order valence-corrected chi connectivity index (χ1v) is 12.2. The maximum absolute atomic E-state index is 6.06. The largest absolute Gasteiger partial charge is 0.493 e. The molecule has 0 saturated heterocycles. The summed E-state index contributed by atoms with van der Waals surface area (Å²) in [4.78, 5) is 4.61. The summed E-state index contributed by atoms with van der Waals surface area (Å²) in [6, 6.07) is 16.7. The van der Waals surface area contributed by atoms with E-state index >= 15 is 0 Å². The molecule has 7 heteroatoms. The van der Waals surface area contributed by atoms with Gasteiger partial charge in [0.15, 0.2) is 5.82 Å². The summed E-state index contributed by atoms with van der Waals surface area (Å²) in [6.45, 7) is 5.61. The number of nitrogens with one attached hydrogen (secondary N) is 1. The third kappa shape index (κ3) is 4.03. The maximum Gasteiger partial charge on any atom is 0.158 e. The van der Waals surface area contributed by atoms with E-state index in [-0.39, 0.29) is 0 Å². The first-order chi connectivity index (χ1) is 17.2. The number of hydrogen-bond donors (Lipinski definition) is 1. The quantitative estimate of drug-likeness (QED) is 0.286. The van der Waals surface area contributed by atoms with E-state index in [4.69, 9.17) is 4.74 Å². The van der Waals surface area contributed by atoms with Crippen LogP contribution in [0.5, 0.6) is 0 Å². The van der Waals surface area contributed by atoms with E-state index in [1.54, 1.807) is 6.33 Å². The van der Waals surface area contributed by atoms with Crippen molar-refractivity contribution in [2.75, 3.05) is 11.9 Å². The third-order valence-electron chi connectivity index (χ3n) is 6.47. The molecule has 0 unspecified atom stereocenters. The molecular weight excluding hydrogens is 436 g/mol. The Labute approximate surface area is 204 Å². The second kappa shape index (κ2) is 8.91. The van der Waals surface area contributed by atoms with Gasteiger partial charge in [0.05, 0.1) is 24.9 Å². The minimum absolute atomic E-state index is 0.656. The van der Waals surface area contributed by atoms with Crippen molar-refractivity contribution in [2.24, 2.45) is 0 Å². The van der Waals surface area contributed by atoms with Gasteiger partial charge in [0.1, 0.15) is 17.6 Å². The molecular formula is C28H28N6O. The Morgan fingerprint density at radius 2 is 1.91 bits per heavy atom. The van der Waals surface area contributed by atoms with E-state index in [0.29, 0.717) is 6.61 Å². The third-order valence-corrected chi connectivity index (χ3v) is 6.47. The molecule has 0 amide bonds. The second-order valence-electron chi connectivity index (χ2n) is 8.83. The average molecular weight is 465 g/mol. The topological polar surface area (TPSA) is 69.3 Å². The molecule has 3 heterocycles. The summed E-state index contributed by atoms with van der Waals surface area (Å²) < 4.78 is 10.0. The SMILES string of the molecule is CCOC(=C1CC1)c1cn2ncnc(Nc3ccc4c(cnn4Cc4ccccc4)c3)c2c1CC. The molecule has 1 saturated carbocycles. The van der Waals surface area contributed by atoms with Crippen LogP contribution in [0, 0.1) is 0 Å². The molecule has 7 nitrogen and oxygen atoms in total. The number of aromatic nitrogens is 5. The highest BCUT2D eigenvalue weighted by molar-refractivity contribution is 5.87. The normalized spacial score (nSPS) is 12.9. The Morgan fingerprint density at radius 1 is 1.06 bits per heavy atom. The number of aryl methyl sites for hydroxylation is 1. The van der Waals surface area contributed by atoms with E-state index in [0.717, 1.165) is 65.1 Å². The molecule has 5 aromatic rings. The van der Waals surface area contributed by atoms with Crippen LogP contribution in [0.2, 0.25) is 0 Å². The fraction of sp³-hybridized carbons (Fsp3) is 0.250. The molecule has 0 spiro atoms. The Bertz CT molecular complexity index is 1540. The van der Waals surface area contributed by atoms with Gasteiger partial charge in [-0.3, -0.25) is 4.68 Å². The van der Waals surface area contributed by atoms with Gasteiger partial charge in [-0.05, 0) is 61.1 Å². The summed E-state index contributed by atoms with van der Waals surface area (Å²) in [5.41, 5.74) is 8.00. The molecule has 3 aromatic heterocycles. The van der Waals surface area contributed by atoms with Crippen molar-refractivity contribution in [2.45, 2.75) is 39.7 Å². The number of nitrogens with zero attached hydrogens (tertiary/aromatic N) is 5. The lowest BCUT2D eigenvalue weighted by atomic mass is 10.1. The zero-order chi connectivity index (χ0) is 23.8. The number of benzene rings is 2. The van der Waals surface area contributed by atoms with Gasteiger partial charge in [-0.1, -0.05) is 37.3 Å². The molecule has 35 heavy (non-hydrogen) atoms. The van der Waals surface area contributed by atoms with Gasteiger partial charge in [-0.25, -0.2) is 9.50 Å².